The molecule has 2 bridgehead atoms. The molecule has 2 saturated carbocycles. The van der Waals surface area contributed by atoms with Gasteiger partial charge in [-0.3, -0.25) is 14.6 Å². The van der Waals surface area contributed by atoms with E-state index in [0.717, 1.165) is 69.7 Å². The summed E-state index contributed by atoms with van der Waals surface area (Å²) in [5.74, 6) is 2.34. The van der Waals surface area contributed by atoms with E-state index in [1.54, 1.807) is 0 Å². The molecule has 2 aromatic carbocycles. The number of hydrogen-bond acceptors (Lipinski definition) is 3. The summed E-state index contributed by atoms with van der Waals surface area (Å²) in [5.41, 5.74) is 2.71. The maximum absolute atomic E-state index is 13.2. The summed E-state index contributed by atoms with van der Waals surface area (Å²) in [6.07, 6.45) is 7.23. The van der Waals surface area contributed by atoms with Crippen molar-refractivity contribution in [3.8, 4) is 0 Å². The Morgan fingerprint density at radius 3 is 1.94 bits per heavy atom. The molecule has 0 N–H and O–H groups in total. The van der Waals surface area contributed by atoms with E-state index in [0.29, 0.717) is 17.9 Å². The molecule has 0 aromatic heterocycles. The van der Waals surface area contributed by atoms with Gasteiger partial charge in [-0.2, -0.15) is 0 Å². The van der Waals surface area contributed by atoms with Crippen LogP contribution in [0.1, 0.15) is 49.7 Å². The zero-order chi connectivity index (χ0) is 22.9. The molecule has 2 heterocycles. The fraction of sp³-hybridized carbons (Fsp3) is 0.567. The van der Waals surface area contributed by atoms with Gasteiger partial charge in [-0.05, 0) is 61.5 Å². The van der Waals surface area contributed by atoms with Crippen molar-refractivity contribution in [2.45, 2.75) is 63.7 Å². The molecule has 34 heavy (non-hydrogen) atoms. The SMILES string of the molecule is O=C(C1CC1)N(Cc1ccccc1)C1CCN(C2[C@@H]3CC[C@H]2CN(Cc2ccccc2)C3)CC1. The molecule has 2 saturated heterocycles. The number of likely N-dealkylation sites (tertiary alicyclic amines) is 2. The largest absolute Gasteiger partial charge is 0.335 e. The minimum Gasteiger partial charge on any atom is -0.335 e. The van der Waals surface area contributed by atoms with Gasteiger partial charge < -0.3 is 4.90 Å². The highest BCUT2D eigenvalue weighted by molar-refractivity contribution is 5.81. The number of piperidine rings is 2. The molecular formula is C30H39N3O. The molecule has 4 heteroatoms. The lowest BCUT2D eigenvalue weighted by Gasteiger charge is -2.47. The van der Waals surface area contributed by atoms with Crippen LogP contribution < -0.4 is 0 Å². The van der Waals surface area contributed by atoms with Crippen LogP contribution in [0.5, 0.6) is 0 Å². The first-order valence-electron chi connectivity index (χ1n) is 13.6. The summed E-state index contributed by atoms with van der Waals surface area (Å²) >= 11 is 0. The highest BCUT2D eigenvalue weighted by Gasteiger charge is 2.46. The molecule has 180 valence electrons. The minimum absolute atomic E-state index is 0.298. The average Bonchev–Trinajstić information content (AvgIpc) is 3.69. The lowest BCUT2D eigenvalue weighted by atomic mass is 9.88. The quantitative estimate of drug-likeness (QED) is 0.598. The monoisotopic (exact) mass is 457 g/mol. The maximum atomic E-state index is 13.2. The predicted molar refractivity (Wildman–Crippen MR) is 136 cm³/mol. The van der Waals surface area contributed by atoms with Crippen molar-refractivity contribution in [2.24, 2.45) is 17.8 Å². The fourth-order valence-electron chi connectivity index (χ4n) is 7.09. The molecular weight excluding hydrogens is 418 g/mol. The smallest absolute Gasteiger partial charge is 0.226 e. The van der Waals surface area contributed by atoms with Crippen molar-refractivity contribution in [3.63, 3.8) is 0 Å². The predicted octanol–water partition coefficient (Wildman–Crippen LogP) is 4.80. The second kappa shape index (κ2) is 9.83. The molecule has 0 spiro atoms. The van der Waals surface area contributed by atoms with Gasteiger partial charge in [0, 0.05) is 57.3 Å². The van der Waals surface area contributed by atoms with Crippen LogP contribution in [0.3, 0.4) is 0 Å². The summed E-state index contributed by atoms with van der Waals surface area (Å²) in [7, 11) is 0. The van der Waals surface area contributed by atoms with Crippen molar-refractivity contribution in [2.75, 3.05) is 26.2 Å². The van der Waals surface area contributed by atoms with Crippen LogP contribution in [0.15, 0.2) is 60.7 Å². The Labute approximate surface area is 204 Å². The van der Waals surface area contributed by atoms with Gasteiger partial charge in [0.1, 0.15) is 0 Å². The number of hydrogen-bond donors (Lipinski definition) is 0. The van der Waals surface area contributed by atoms with E-state index in [1.807, 2.05) is 0 Å². The van der Waals surface area contributed by atoms with Crippen LogP contribution in [0.4, 0.5) is 0 Å². The van der Waals surface area contributed by atoms with Crippen LogP contribution in [0, 0.1) is 17.8 Å². The topological polar surface area (TPSA) is 26.8 Å². The molecule has 2 aromatic rings. The summed E-state index contributed by atoms with van der Waals surface area (Å²) < 4.78 is 0. The Morgan fingerprint density at radius 1 is 0.765 bits per heavy atom. The van der Waals surface area contributed by atoms with Crippen LogP contribution in [0.25, 0.3) is 0 Å². The molecule has 4 nitrogen and oxygen atoms in total. The summed E-state index contributed by atoms with van der Waals surface area (Å²) in [4.78, 5) is 21.0. The van der Waals surface area contributed by atoms with E-state index in [1.165, 1.54) is 37.1 Å². The lowest BCUT2D eigenvalue weighted by Crippen LogP contribution is -2.56. The van der Waals surface area contributed by atoms with Gasteiger partial charge in [0.15, 0.2) is 0 Å². The highest BCUT2D eigenvalue weighted by atomic mass is 16.2. The normalized spacial score (nSPS) is 28.2. The average molecular weight is 458 g/mol. The zero-order valence-electron chi connectivity index (χ0n) is 20.4. The number of benzene rings is 2. The van der Waals surface area contributed by atoms with E-state index < -0.39 is 0 Å². The number of rotatable bonds is 7. The van der Waals surface area contributed by atoms with Crippen molar-refractivity contribution in [1.29, 1.82) is 0 Å². The number of carbonyl (C=O) groups excluding carboxylic acids is 1. The third-order valence-electron chi connectivity index (χ3n) is 8.88. The molecule has 1 unspecified atom stereocenters. The third-order valence-corrected chi connectivity index (χ3v) is 8.88. The standard InChI is InChI=1S/C30H39N3O/c34-30(25-11-12-25)33(20-24-9-5-2-6-10-24)28-15-17-32(18-16-28)29-26-13-14-27(29)22-31(21-26)19-23-7-3-1-4-8-23/h1-10,25-29H,11-22H2/t26-,27+,29?. The number of carbonyl (C=O) groups is 1. The van der Waals surface area contributed by atoms with Crippen molar-refractivity contribution >= 4 is 5.91 Å². The molecule has 4 aliphatic rings. The second-order valence-electron chi connectivity index (χ2n) is 11.3. The van der Waals surface area contributed by atoms with Crippen molar-refractivity contribution < 1.29 is 4.79 Å². The first-order chi connectivity index (χ1) is 16.7. The lowest BCUT2D eigenvalue weighted by molar-refractivity contribution is -0.137. The molecule has 4 fully saturated rings. The highest BCUT2D eigenvalue weighted by Crippen LogP contribution is 2.42. The van der Waals surface area contributed by atoms with Crippen molar-refractivity contribution in [3.05, 3.63) is 71.8 Å². The molecule has 0 radical (unpaired) electrons. The first-order valence-corrected chi connectivity index (χ1v) is 13.6. The summed E-state index contributed by atoms with van der Waals surface area (Å²) in [6.45, 7) is 6.69. The molecule has 6 rings (SSSR count). The first kappa shape index (κ1) is 22.3. The Kier molecular flexibility index (Phi) is 6.45. The molecule has 1 amide bonds. The zero-order valence-corrected chi connectivity index (χ0v) is 20.4. The van der Waals surface area contributed by atoms with Gasteiger partial charge in [-0.15, -0.1) is 0 Å². The Bertz CT molecular complexity index is 938. The number of fused-ring (bicyclic) bond motifs is 2. The van der Waals surface area contributed by atoms with E-state index in [2.05, 4.69) is 75.4 Å². The van der Waals surface area contributed by atoms with E-state index in [4.69, 9.17) is 0 Å². The minimum atomic E-state index is 0.298. The third kappa shape index (κ3) is 4.81. The van der Waals surface area contributed by atoms with E-state index in [-0.39, 0.29) is 0 Å². The second-order valence-corrected chi connectivity index (χ2v) is 11.3. The van der Waals surface area contributed by atoms with Crippen molar-refractivity contribution in [1.82, 2.24) is 14.7 Å². The van der Waals surface area contributed by atoms with E-state index >= 15 is 0 Å². The van der Waals surface area contributed by atoms with Gasteiger partial charge in [0.25, 0.3) is 0 Å². The van der Waals surface area contributed by atoms with Crippen LogP contribution in [-0.4, -0.2) is 58.9 Å². The summed E-state index contributed by atoms with van der Waals surface area (Å²) in [5, 5.41) is 0. The Morgan fingerprint density at radius 2 is 1.35 bits per heavy atom. The maximum Gasteiger partial charge on any atom is 0.226 e. The Balaban J connectivity index is 1.07. The van der Waals surface area contributed by atoms with E-state index in [9.17, 15) is 4.79 Å². The fourth-order valence-corrected chi connectivity index (χ4v) is 7.09. The van der Waals surface area contributed by atoms with Crippen LogP contribution in [0.2, 0.25) is 0 Å². The van der Waals surface area contributed by atoms with Crippen LogP contribution in [-0.2, 0) is 17.9 Å². The molecule has 2 aliphatic carbocycles. The van der Waals surface area contributed by atoms with Gasteiger partial charge in [-0.1, -0.05) is 60.7 Å². The van der Waals surface area contributed by atoms with Gasteiger partial charge in [-0.25, -0.2) is 0 Å². The molecule has 3 atom stereocenters. The Hall–Kier alpha value is -2.17. The summed E-state index contributed by atoms with van der Waals surface area (Å²) in [6, 6.07) is 22.7. The van der Waals surface area contributed by atoms with Gasteiger partial charge in [0.2, 0.25) is 5.91 Å². The van der Waals surface area contributed by atoms with Gasteiger partial charge in [0.05, 0.1) is 0 Å². The number of amides is 1. The number of nitrogens with zero attached hydrogens (tertiary/aromatic N) is 3. The molecule has 2 aliphatic heterocycles. The van der Waals surface area contributed by atoms with Crippen LogP contribution >= 0.6 is 0 Å². The van der Waals surface area contributed by atoms with Gasteiger partial charge >= 0.3 is 0 Å².